The molecule has 0 aromatic carbocycles. The number of carbonyl (C=O) groups is 1. The Morgan fingerprint density at radius 1 is 1.41 bits per heavy atom. The van der Waals surface area contributed by atoms with Crippen LogP contribution >= 0.6 is 0 Å². The van der Waals surface area contributed by atoms with Gasteiger partial charge in [-0.25, -0.2) is 0 Å². The molecule has 0 N–H and O–H groups in total. The van der Waals surface area contributed by atoms with E-state index in [1.165, 1.54) is 0 Å². The van der Waals surface area contributed by atoms with Crippen molar-refractivity contribution in [3.05, 3.63) is 35.8 Å². The van der Waals surface area contributed by atoms with Gasteiger partial charge in [0.05, 0.1) is 12.3 Å². The molecule has 7 heteroatoms. The molecule has 2 aromatic rings. The van der Waals surface area contributed by atoms with Crippen LogP contribution in [0.1, 0.15) is 35.0 Å². The number of nitrogens with zero attached hydrogens (tertiary/aromatic N) is 4. The predicted octanol–water partition coefficient (Wildman–Crippen LogP) is 1.25. The molecular formula is C15H18N4O3. The molecule has 1 amide bonds. The van der Waals surface area contributed by atoms with Gasteiger partial charge in [0.1, 0.15) is 12.4 Å². The van der Waals surface area contributed by atoms with E-state index in [-0.39, 0.29) is 18.0 Å². The maximum atomic E-state index is 12.7. The summed E-state index contributed by atoms with van der Waals surface area (Å²) in [5.74, 6) is 2.16. The molecule has 2 aliphatic heterocycles. The largest absolute Gasteiger partial charge is 0.459 e. The molecule has 22 heavy (non-hydrogen) atoms. The fourth-order valence-corrected chi connectivity index (χ4v) is 3.59. The molecule has 2 atom stereocenters. The SMILES string of the molecule is COCc1nnc2n1C[C@H]1CC[C@@H](C2)N1C(=O)c1ccco1. The fraction of sp³-hybridized carbons (Fsp3) is 0.533. The molecule has 116 valence electrons. The Hall–Kier alpha value is -2.15. The summed E-state index contributed by atoms with van der Waals surface area (Å²) in [4.78, 5) is 14.7. The maximum absolute atomic E-state index is 12.7. The first-order chi connectivity index (χ1) is 10.8. The summed E-state index contributed by atoms with van der Waals surface area (Å²) in [6, 6.07) is 3.81. The highest BCUT2D eigenvalue weighted by Crippen LogP contribution is 2.32. The lowest BCUT2D eigenvalue weighted by Crippen LogP contribution is -2.42. The summed E-state index contributed by atoms with van der Waals surface area (Å²) in [5, 5.41) is 8.49. The first-order valence-electron chi connectivity index (χ1n) is 7.54. The lowest BCUT2D eigenvalue weighted by Gasteiger charge is -2.27. The quantitative estimate of drug-likeness (QED) is 0.853. The van der Waals surface area contributed by atoms with Crippen molar-refractivity contribution >= 4 is 5.91 Å². The Kier molecular flexibility index (Phi) is 3.22. The molecule has 4 rings (SSSR count). The van der Waals surface area contributed by atoms with Crippen LogP contribution in [0.25, 0.3) is 0 Å². The molecular weight excluding hydrogens is 284 g/mol. The van der Waals surface area contributed by atoms with Crippen LogP contribution in [0, 0.1) is 0 Å². The highest BCUT2D eigenvalue weighted by Gasteiger charge is 2.42. The first-order valence-corrected chi connectivity index (χ1v) is 7.54. The minimum atomic E-state index is -0.0236. The molecule has 2 aliphatic rings. The number of methoxy groups -OCH3 is 1. The first kappa shape index (κ1) is 13.5. The number of fused-ring (bicyclic) bond motifs is 3. The summed E-state index contributed by atoms with van der Waals surface area (Å²) in [5.41, 5.74) is 0. The third kappa shape index (κ3) is 2.04. The zero-order valence-electron chi connectivity index (χ0n) is 12.4. The van der Waals surface area contributed by atoms with Crippen LogP contribution in [-0.4, -0.2) is 44.8 Å². The van der Waals surface area contributed by atoms with Gasteiger partial charge in [-0.2, -0.15) is 0 Å². The van der Waals surface area contributed by atoms with Crippen LogP contribution in [0.2, 0.25) is 0 Å². The zero-order valence-corrected chi connectivity index (χ0v) is 12.4. The topological polar surface area (TPSA) is 73.4 Å². The van der Waals surface area contributed by atoms with E-state index < -0.39 is 0 Å². The molecule has 0 saturated carbocycles. The number of carbonyl (C=O) groups excluding carboxylic acids is 1. The van der Waals surface area contributed by atoms with Crippen LogP contribution in [-0.2, 0) is 24.3 Å². The normalized spacial score (nSPS) is 23.4. The molecule has 2 aromatic heterocycles. The van der Waals surface area contributed by atoms with E-state index >= 15 is 0 Å². The Morgan fingerprint density at radius 2 is 2.27 bits per heavy atom. The van der Waals surface area contributed by atoms with E-state index in [0.29, 0.717) is 12.4 Å². The number of aromatic nitrogens is 3. The van der Waals surface area contributed by atoms with Crippen molar-refractivity contribution < 1.29 is 13.9 Å². The van der Waals surface area contributed by atoms with Crippen molar-refractivity contribution in [1.82, 2.24) is 19.7 Å². The van der Waals surface area contributed by atoms with E-state index in [4.69, 9.17) is 9.15 Å². The van der Waals surface area contributed by atoms with E-state index in [9.17, 15) is 4.79 Å². The molecule has 4 heterocycles. The summed E-state index contributed by atoms with van der Waals surface area (Å²) < 4.78 is 12.6. The molecule has 2 bridgehead atoms. The second-order valence-corrected chi connectivity index (χ2v) is 5.85. The maximum Gasteiger partial charge on any atom is 0.290 e. The van der Waals surface area contributed by atoms with E-state index in [1.54, 1.807) is 25.5 Å². The van der Waals surface area contributed by atoms with Gasteiger partial charge in [-0.15, -0.1) is 10.2 Å². The fourth-order valence-electron chi connectivity index (χ4n) is 3.59. The Balaban J connectivity index is 1.65. The molecule has 1 saturated heterocycles. The average Bonchev–Trinajstić information content (AvgIpc) is 3.20. The second kappa shape index (κ2) is 5.24. The summed E-state index contributed by atoms with van der Waals surface area (Å²) >= 11 is 0. The number of amides is 1. The van der Waals surface area contributed by atoms with Gasteiger partial charge in [0.2, 0.25) is 0 Å². The van der Waals surface area contributed by atoms with Crippen LogP contribution in [0.4, 0.5) is 0 Å². The highest BCUT2D eigenvalue weighted by molar-refractivity contribution is 5.92. The van der Waals surface area contributed by atoms with E-state index in [0.717, 1.165) is 37.5 Å². The number of ether oxygens (including phenoxy) is 1. The van der Waals surface area contributed by atoms with Gasteiger partial charge in [-0.05, 0) is 25.0 Å². The predicted molar refractivity (Wildman–Crippen MR) is 76.1 cm³/mol. The summed E-state index contributed by atoms with van der Waals surface area (Å²) in [6.45, 7) is 1.17. The Labute approximate surface area is 127 Å². The van der Waals surface area contributed by atoms with Crippen LogP contribution in [0.15, 0.2) is 22.8 Å². The van der Waals surface area contributed by atoms with Crippen molar-refractivity contribution in [3.8, 4) is 0 Å². The van der Waals surface area contributed by atoms with Gasteiger partial charge in [0, 0.05) is 26.1 Å². The van der Waals surface area contributed by atoms with Gasteiger partial charge in [0.15, 0.2) is 11.6 Å². The van der Waals surface area contributed by atoms with Gasteiger partial charge >= 0.3 is 0 Å². The van der Waals surface area contributed by atoms with Crippen molar-refractivity contribution in [3.63, 3.8) is 0 Å². The lowest BCUT2D eigenvalue weighted by molar-refractivity contribution is 0.0631. The van der Waals surface area contributed by atoms with Gasteiger partial charge in [-0.3, -0.25) is 4.79 Å². The van der Waals surface area contributed by atoms with Crippen LogP contribution < -0.4 is 0 Å². The molecule has 7 nitrogen and oxygen atoms in total. The number of furan rings is 1. The standard InChI is InChI=1S/C15H18N4O3/c1-21-9-14-17-16-13-7-10-4-5-11(8-18(13)14)19(10)15(20)12-3-2-6-22-12/h2-3,6,10-11H,4-5,7-9H2,1H3/t10-,11+/m0/s1. The minimum Gasteiger partial charge on any atom is -0.459 e. The molecule has 0 aliphatic carbocycles. The average molecular weight is 302 g/mol. The third-order valence-electron chi connectivity index (χ3n) is 4.58. The van der Waals surface area contributed by atoms with E-state index in [2.05, 4.69) is 14.8 Å². The molecule has 0 radical (unpaired) electrons. The molecule has 0 unspecified atom stereocenters. The van der Waals surface area contributed by atoms with Crippen molar-refractivity contribution in [2.75, 3.05) is 7.11 Å². The smallest absolute Gasteiger partial charge is 0.290 e. The van der Waals surface area contributed by atoms with Crippen molar-refractivity contribution in [1.29, 1.82) is 0 Å². The Morgan fingerprint density at radius 3 is 3.05 bits per heavy atom. The molecule has 1 fully saturated rings. The van der Waals surface area contributed by atoms with Gasteiger partial charge < -0.3 is 18.6 Å². The summed E-state index contributed by atoms with van der Waals surface area (Å²) in [6.07, 6.45) is 4.28. The van der Waals surface area contributed by atoms with Crippen LogP contribution in [0.3, 0.4) is 0 Å². The Bertz CT molecular complexity index is 679. The van der Waals surface area contributed by atoms with E-state index in [1.807, 2.05) is 4.90 Å². The highest BCUT2D eigenvalue weighted by atomic mass is 16.5. The second-order valence-electron chi connectivity index (χ2n) is 5.85. The van der Waals surface area contributed by atoms with Crippen LogP contribution in [0.5, 0.6) is 0 Å². The third-order valence-corrected chi connectivity index (χ3v) is 4.58. The number of hydrogen-bond donors (Lipinski definition) is 0. The van der Waals surface area contributed by atoms with Gasteiger partial charge in [-0.1, -0.05) is 0 Å². The number of rotatable bonds is 3. The monoisotopic (exact) mass is 302 g/mol. The number of hydrogen-bond acceptors (Lipinski definition) is 5. The van der Waals surface area contributed by atoms with Gasteiger partial charge in [0.25, 0.3) is 5.91 Å². The van der Waals surface area contributed by atoms with Crippen molar-refractivity contribution in [2.45, 2.75) is 44.5 Å². The minimum absolute atomic E-state index is 0.0236. The zero-order chi connectivity index (χ0) is 15.1. The lowest BCUT2D eigenvalue weighted by atomic mass is 10.1. The summed E-state index contributed by atoms with van der Waals surface area (Å²) in [7, 11) is 1.65. The van der Waals surface area contributed by atoms with Crippen molar-refractivity contribution in [2.24, 2.45) is 0 Å². The molecule has 0 spiro atoms.